The highest BCUT2D eigenvalue weighted by Crippen LogP contribution is 2.35. The summed E-state index contributed by atoms with van der Waals surface area (Å²) in [5, 5.41) is 8.11. The van der Waals surface area contributed by atoms with Crippen molar-refractivity contribution in [3.05, 3.63) is 35.5 Å². The van der Waals surface area contributed by atoms with Gasteiger partial charge in [-0.25, -0.2) is 4.68 Å². The lowest BCUT2D eigenvalue weighted by molar-refractivity contribution is 0.0661. The highest BCUT2D eigenvalue weighted by Gasteiger charge is 2.36. The molecule has 2 heterocycles. The molecule has 0 saturated carbocycles. The van der Waals surface area contributed by atoms with E-state index in [0.717, 1.165) is 18.4 Å². The number of benzene rings is 1. The maximum Gasteiger partial charge on any atom is 0.256 e. The first-order valence-corrected chi connectivity index (χ1v) is 6.98. The predicted molar refractivity (Wildman–Crippen MR) is 73.2 cm³/mol. The van der Waals surface area contributed by atoms with Crippen molar-refractivity contribution in [1.82, 2.24) is 15.0 Å². The summed E-state index contributed by atoms with van der Waals surface area (Å²) in [6.07, 6.45) is 1.67. The Morgan fingerprint density at radius 2 is 1.76 bits per heavy atom. The average molecular weight is 283 g/mol. The molecule has 6 nitrogen and oxygen atoms in total. The van der Waals surface area contributed by atoms with Gasteiger partial charge in [0.2, 0.25) is 5.78 Å². The molecule has 2 aromatic rings. The monoisotopic (exact) mass is 283 g/mol. The van der Waals surface area contributed by atoms with E-state index in [2.05, 4.69) is 10.3 Å². The second-order valence-electron chi connectivity index (χ2n) is 5.28. The Bertz CT molecular complexity index is 744. The first kappa shape index (κ1) is 12.4. The number of hydrogen-bond acceptors (Lipinski definition) is 5. The van der Waals surface area contributed by atoms with Crippen molar-refractivity contribution in [2.75, 3.05) is 13.2 Å². The Balaban J connectivity index is 1.91. The number of carbonyl (C=O) groups excluding carboxylic acids is 2. The molecule has 1 aromatic heterocycles. The molecule has 4 rings (SSSR count). The third kappa shape index (κ3) is 1.76. The first-order chi connectivity index (χ1) is 10.3. The number of fused-ring (bicyclic) bond motifs is 3. The largest absolute Gasteiger partial charge is 0.381 e. The van der Waals surface area contributed by atoms with Gasteiger partial charge in [0.1, 0.15) is 5.69 Å². The van der Waals surface area contributed by atoms with Crippen LogP contribution < -0.4 is 0 Å². The maximum absolute atomic E-state index is 12.2. The molecule has 1 aliphatic carbocycles. The summed E-state index contributed by atoms with van der Waals surface area (Å²) < 4.78 is 7.16. The molecule has 1 aromatic carbocycles. The second kappa shape index (κ2) is 4.60. The van der Waals surface area contributed by atoms with Gasteiger partial charge in [-0.3, -0.25) is 9.59 Å². The van der Waals surface area contributed by atoms with Crippen molar-refractivity contribution in [2.45, 2.75) is 18.9 Å². The lowest BCUT2D eigenvalue weighted by atomic mass is 9.90. The molecule has 0 radical (unpaired) electrons. The zero-order valence-corrected chi connectivity index (χ0v) is 11.3. The summed E-state index contributed by atoms with van der Waals surface area (Å²) in [6.45, 7) is 1.35. The molecule has 6 heteroatoms. The van der Waals surface area contributed by atoms with Crippen molar-refractivity contribution in [3.63, 3.8) is 0 Å². The number of ether oxygens (including phenoxy) is 1. The van der Waals surface area contributed by atoms with Crippen LogP contribution in [0.5, 0.6) is 0 Å². The van der Waals surface area contributed by atoms with Crippen LogP contribution in [0.3, 0.4) is 0 Å². The highest BCUT2D eigenvalue weighted by molar-refractivity contribution is 6.52. The first-order valence-electron chi connectivity index (χ1n) is 6.98. The molecular formula is C15H13N3O3. The van der Waals surface area contributed by atoms with Gasteiger partial charge in [-0.05, 0) is 12.8 Å². The van der Waals surface area contributed by atoms with Gasteiger partial charge >= 0.3 is 0 Å². The minimum Gasteiger partial charge on any atom is -0.381 e. The van der Waals surface area contributed by atoms with Crippen molar-refractivity contribution >= 4 is 11.6 Å². The van der Waals surface area contributed by atoms with Crippen LogP contribution in [-0.4, -0.2) is 39.8 Å². The van der Waals surface area contributed by atoms with Crippen molar-refractivity contribution in [1.29, 1.82) is 0 Å². The number of hydrogen-bond donors (Lipinski definition) is 0. The number of aromatic nitrogens is 3. The SMILES string of the molecule is O=C1C(=O)c2nnn(C3CCOCC3)c2-c2ccccc21. The van der Waals surface area contributed by atoms with Crippen LogP contribution in [0, 0.1) is 0 Å². The molecule has 0 bridgehead atoms. The van der Waals surface area contributed by atoms with E-state index < -0.39 is 11.6 Å². The number of rotatable bonds is 1. The molecular weight excluding hydrogens is 270 g/mol. The molecule has 1 fully saturated rings. The van der Waals surface area contributed by atoms with Crippen LogP contribution in [0.2, 0.25) is 0 Å². The third-order valence-corrected chi connectivity index (χ3v) is 4.08. The van der Waals surface area contributed by atoms with Gasteiger partial charge in [0, 0.05) is 24.3 Å². The van der Waals surface area contributed by atoms with E-state index in [1.54, 1.807) is 16.8 Å². The number of ketones is 2. The quantitative estimate of drug-likeness (QED) is 0.744. The van der Waals surface area contributed by atoms with Gasteiger partial charge < -0.3 is 4.74 Å². The van der Waals surface area contributed by atoms with E-state index in [1.807, 2.05) is 12.1 Å². The third-order valence-electron chi connectivity index (χ3n) is 4.08. The molecule has 0 atom stereocenters. The van der Waals surface area contributed by atoms with Crippen molar-refractivity contribution < 1.29 is 14.3 Å². The predicted octanol–water partition coefficient (Wildman–Crippen LogP) is 1.68. The Morgan fingerprint density at radius 3 is 2.52 bits per heavy atom. The van der Waals surface area contributed by atoms with Crippen LogP contribution in [0.15, 0.2) is 24.3 Å². The highest BCUT2D eigenvalue weighted by atomic mass is 16.5. The van der Waals surface area contributed by atoms with Crippen LogP contribution in [0.1, 0.15) is 39.7 Å². The molecule has 106 valence electrons. The summed E-state index contributed by atoms with van der Waals surface area (Å²) in [5.41, 5.74) is 2.02. The zero-order valence-electron chi connectivity index (χ0n) is 11.3. The van der Waals surface area contributed by atoms with Crippen molar-refractivity contribution in [2.24, 2.45) is 0 Å². The van der Waals surface area contributed by atoms with E-state index in [0.29, 0.717) is 24.5 Å². The van der Waals surface area contributed by atoms with Gasteiger partial charge in [-0.2, -0.15) is 0 Å². The summed E-state index contributed by atoms with van der Waals surface area (Å²) in [4.78, 5) is 24.3. The lowest BCUT2D eigenvalue weighted by Gasteiger charge is -2.24. The normalized spacial score (nSPS) is 18.5. The van der Waals surface area contributed by atoms with Crippen molar-refractivity contribution in [3.8, 4) is 11.3 Å². The Kier molecular flexibility index (Phi) is 2.71. The molecule has 21 heavy (non-hydrogen) atoms. The van der Waals surface area contributed by atoms with Gasteiger partial charge in [0.25, 0.3) is 5.78 Å². The molecule has 0 N–H and O–H groups in total. The summed E-state index contributed by atoms with van der Waals surface area (Å²) in [5.74, 6) is -1.07. The average Bonchev–Trinajstić information content (AvgIpc) is 2.99. The number of Topliss-reactive ketones (excluding diaryl/α,β-unsaturated/α-hetero) is 2. The van der Waals surface area contributed by atoms with Gasteiger partial charge in [-0.1, -0.05) is 29.5 Å². The minimum absolute atomic E-state index is 0.157. The van der Waals surface area contributed by atoms with E-state index in [9.17, 15) is 9.59 Å². The zero-order chi connectivity index (χ0) is 14.4. The van der Waals surface area contributed by atoms with Crippen LogP contribution >= 0.6 is 0 Å². The molecule has 0 spiro atoms. The summed E-state index contributed by atoms with van der Waals surface area (Å²) in [7, 11) is 0. The Labute approximate surface area is 120 Å². The fourth-order valence-corrected chi connectivity index (χ4v) is 3.00. The van der Waals surface area contributed by atoms with Crippen LogP contribution in [0.25, 0.3) is 11.3 Å². The van der Waals surface area contributed by atoms with E-state index in [1.165, 1.54) is 0 Å². The fourth-order valence-electron chi connectivity index (χ4n) is 3.00. The van der Waals surface area contributed by atoms with Crippen LogP contribution in [0.4, 0.5) is 0 Å². The lowest BCUT2D eigenvalue weighted by Crippen LogP contribution is -2.25. The molecule has 2 aliphatic rings. The molecule has 1 aliphatic heterocycles. The molecule has 0 unspecified atom stereocenters. The summed E-state index contributed by atoms with van der Waals surface area (Å²) >= 11 is 0. The van der Waals surface area contributed by atoms with E-state index in [4.69, 9.17) is 4.74 Å². The second-order valence-corrected chi connectivity index (χ2v) is 5.28. The van der Waals surface area contributed by atoms with E-state index >= 15 is 0 Å². The fraction of sp³-hybridized carbons (Fsp3) is 0.333. The minimum atomic E-state index is -0.568. The molecule has 1 saturated heterocycles. The maximum atomic E-state index is 12.2. The molecule has 0 amide bonds. The van der Waals surface area contributed by atoms with Gasteiger partial charge in [0.15, 0.2) is 5.69 Å². The van der Waals surface area contributed by atoms with E-state index in [-0.39, 0.29) is 11.7 Å². The Hall–Kier alpha value is -2.34. The number of nitrogens with zero attached hydrogens (tertiary/aromatic N) is 3. The summed E-state index contributed by atoms with van der Waals surface area (Å²) in [6, 6.07) is 7.30. The van der Waals surface area contributed by atoms with Crippen LogP contribution in [-0.2, 0) is 4.74 Å². The Morgan fingerprint density at radius 1 is 1.05 bits per heavy atom. The van der Waals surface area contributed by atoms with Gasteiger partial charge in [0.05, 0.1) is 6.04 Å². The standard InChI is InChI=1S/C15H13N3O3/c19-14-11-4-2-1-3-10(11)13-12(15(14)20)16-17-18(13)9-5-7-21-8-6-9/h1-4,9H,5-8H2. The number of carbonyl (C=O) groups is 2. The topological polar surface area (TPSA) is 74.1 Å². The van der Waals surface area contributed by atoms with Gasteiger partial charge in [-0.15, -0.1) is 5.10 Å². The smallest absolute Gasteiger partial charge is 0.256 e.